The first-order valence-corrected chi connectivity index (χ1v) is 5.98. The summed E-state index contributed by atoms with van der Waals surface area (Å²) >= 11 is 0. The summed E-state index contributed by atoms with van der Waals surface area (Å²) in [6.07, 6.45) is 0.807. The third-order valence-corrected chi connectivity index (χ3v) is 3.10. The molecule has 17 heavy (non-hydrogen) atoms. The van der Waals surface area contributed by atoms with Gasteiger partial charge < -0.3 is 20.7 Å². The van der Waals surface area contributed by atoms with Gasteiger partial charge in [0.15, 0.2) is 0 Å². The van der Waals surface area contributed by atoms with Gasteiger partial charge in [0.25, 0.3) is 0 Å². The molecule has 0 aromatic heterocycles. The number of nitrogens with two attached hydrogens (primary N) is 1. The van der Waals surface area contributed by atoms with Gasteiger partial charge in [-0.25, -0.2) is 4.79 Å². The van der Waals surface area contributed by atoms with Crippen LogP contribution in [0.2, 0.25) is 0 Å². The maximum atomic E-state index is 12.2. The molecule has 0 aromatic rings. The molecule has 1 fully saturated rings. The average molecular weight is 243 g/mol. The van der Waals surface area contributed by atoms with Gasteiger partial charge in [-0.05, 0) is 5.92 Å². The number of morpholine rings is 1. The molecule has 0 radical (unpaired) electrons. The second-order valence-corrected chi connectivity index (χ2v) is 4.31. The van der Waals surface area contributed by atoms with Crippen molar-refractivity contribution in [2.45, 2.75) is 26.3 Å². The Bertz CT molecular complexity index is 277. The molecule has 6 nitrogen and oxygen atoms in total. The molecular formula is C11H21N3O3. The van der Waals surface area contributed by atoms with Crippen LogP contribution in [0.25, 0.3) is 0 Å². The fourth-order valence-corrected chi connectivity index (χ4v) is 1.82. The Kier molecular flexibility index (Phi) is 5.21. The number of hydrogen-bond acceptors (Lipinski definition) is 3. The van der Waals surface area contributed by atoms with E-state index >= 15 is 0 Å². The number of ether oxygens (including phenoxy) is 1. The van der Waals surface area contributed by atoms with Crippen LogP contribution in [-0.2, 0) is 9.53 Å². The van der Waals surface area contributed by atoms with Crippen LogP contribution in [0.3, 0.4) is 0 Å². The van der Waals surface area contributed by atoms with E-state index in [-0.39, 0.29) is 11.8 Å². The highest BCUT2D eigenvalue weighted by molar-refractivity contribution is 5.86. The largest absolute Gasteiger partial charge is 0.378 e. The Morgan fingerprint density at radius 2 is 2.00 bits per heavy atom. The molecule has 0 spiro atoms. The minimum absolute atomic E-state index is 0.0674. The van der Waals surface area contributed by atoms with E-state index in [4.69, 9.17) is 10.5 Å². The molecule has 1 rings (SSSR count). The van der Waals surface area contributed by atoms with E-state index in [0.29, 0.717) is 26.3 Å². The first-order valence-electron chi connectivity index (χ1n) is 5.98. The quantitative estimate of drug-likeness (QED) is 0.724. The van der Waals surface area contributed by atoms with Crippen molar-refractivity contribution < 1.29 is 14.3 Å². The van der Waals surface area contributed by atoms with Gasteiger partial charge in [-0.2, -0.15) is 0 Å². The standard InChI is InChI=1S/C11H21N3O3/c1-3-8(2)9(13-11(12)16)10(15)14-4-6-17-7-5-14/h8-9H,3-7H2,1-2H3,(H3,12,13,16)/t8-,9-/m1/s1. The lowest BCUT2D eigenvalue weighted by atomic mass is 9.98. The summed E-state index contributed by atoms with van der Waals surface area (Å²) < 4.78 is 5.19. The van der Waals surface area contributed by atoms with Gasteiger partial charge >= 0.3 is 6.03 Å². The van der Waals surface area contributed by atoms with Crippen LogP contribution in [0, 0.1) is 5.92 Å². The molecule has 1 aliphatic heterocycles. The predicted octanol–water partition coefficient (Wildman–Crippen LogP) is -0.0718. The second-order valence-electron chi connectivity index (χ2n) is 4.31. The molecule has 0 aromatic carbocycles. The minimum Gasteiger partial charge on any atom is -0.378 e. The molecule has 1 heterocycles. The maximum Gasteiger partial charge on any atom is 0.312 e. The van der Waals surface area contributed by atoms with Crippen molar-refractivity contribution in [3.8, 4) is 0 Å². The molecule has 6 heteroatoms. The van der Waals surface area contributed by atoms with Crippen molar-refractivity contribution in [1.82, 2.24) is 10.2 Å². The Hall–Kier alpha value is -1.30. The molecule has 2 atom stereocenters. The highest BCUT2D eigenvalue weighted by Gasteiger charge is 2.30. The van der Waals surface area contributed by atoms with E-state index in [2.05, 4.69) is 5.32 Å². The summed E-state index contributed by atoms with van der Waals surface area (Å²) in [5.41, 5.74) is 5.11. The summed E-state index contributed by atoms with van der Waals surface area (Å²) in [7, 11) is 0. The molecule has 3 N–H and O–H groups in total. The number of nitrogens with one attached hydrogen (secondary N) is 1. The number of hydrogen-bond donors (Lipinski definition) is 2. The van der Waals surface area contributed by atoms with E-state index in [0.717, 1.165) is 6.42 Å². The number of carbonyl (C=O) groups is 2. The van der Waals surface area contributed by atoms with Crippen LogP contribution in [0.1, 0.15) is 20.3 Å². The molecule has 1 aliphatic rings. The summed E-state index contributed by atoms with van der Waals surface area (Å²) in [6, 6.07) is -1.19. The van der Waals surface area contributed by atoms with Gasteiger partial charge in [0, 0.05) is 13.1 Å². The van der Waals surface area contributed by atoms with Crippen LogP contribution >= 0.6 is 0 Å². The van der Waals surface area contributed by atoms with Gasteiger partial charge in [0.1, 0.15) is 6.04 Å². The molecule has 0 unspecified atom stereocenters. The molecule has 0 saturated carbocycles. The SMILES string of the molecule is CC[C@@H](C)[C@@H](NC(N)=O)C(=O)N1CCOCC1. The molecule has 0 bridgehead atoms. The summed E-state index contributed by atoms with van der Waals surface area (Å²) in [6.45, 7) is 6.16. The third-order valence-electron chi connectivity index (χ3n) is 3.10. The lowest BCUT2D eigenvalue weighted by molar-refractivity contribution is -0.138. The number of urea groups is 1. The highest BCUT2D eigenvalue weighted by atomic mass is 16.5. The lowest BCUT2D eigenvalue weighted by Gasteiger charge is -2.32. The summed E-state index contributed by atoms with van der Waals surface area (Å²) in [5.74, 6) is -0.000653. The van der Waals surface area contributed by atoms with Crippen LogP contribution in [0.5, 0.6) is 0 Å². The second kappa shape index (κ2) is 6.44. The van der Waals surface area contributed by atoms with Crippen LogP contribution in [0.15, 0.2) is 0 Å². The maximum absolute atomic E-state index is 12.2. The van der Waals surface area contributed by atoms with Gasteiger partial charge in [-0.15, -0.1) is 0 Å². The van der Waals surface area contributed by atoms with Crippen LogP contribution in [-0.4, -0.2) is 49.2 Å². The van der Waals surface area contributed by atoms with Gasteiger partial charge in [-0.3, -0.25) is 4.79 Å². The average Bonchev–Trinajstić information content (AvgIpc) is 2.35. The van der Waals surface area contributed by atoms with Crippen molar-refractivity contribution in [2.75, 3.05) is 26.3 Å². The van der Waals surface area contributed by atoms with Crippen molar-refractivity contribution in [3.63, 3.8) is 0 Å². The fourth-order valence-electron chi connectivity index (χ4n) is 1.82. The lowest BCUT2D eigenvalue weighted by Crippen LogP contribution is -2.55. The Morgan fingerprint density at radius 1 is 1.41 bits per heavy atom. The predicted molar refractivity (Wildman–Crippen MR) is 63.4 cm³/mol. The zero-order valence-corrected chi connectivity index (χ0v) is 10.4. The first kappa shape index (κ1) is 13.8. The first-order chi connectivity index (χ1) is 8.06. The van der Waals surface area contributed by atoms with E-state index < -0.39 is 12.1 Å². The minimum atomic E-state index is -0.656. The van der Waals surface area contributed by atoms with Crippen molar-refractivity contribution >= 4 is 11.9 Å². The van der Waals surface area contributed by atoms with Gasteiger partial charge in [-0.1, -0.05) is 20.3 Å². The molecule has 1 saturated heterocycles. The Labute approximate surface area is 101 Å². The smallest absolute Gasteiger partial charge is 0.312 e. The Balaban J connectivity index is 2.66. The van der Waals surface area contributed by atoms with Gasteiger partial charge in [0.2, 0.25) is 5.91 Å². The molecule has 3 amide bonds. The van der Waals surface area contributed by atoms with Gasteiger partial charge in [0.05, 0.1) is 13.2 Å². The monoisotopic (exact) mass is 243 g/mol. The third kappa shape index (κ3) is 3.89. The van der Waals surface area contributed by atoms with E-state index in [1.807, 2.05) is 13.8 Å². The van der Waals surface area contributed by atoms with E-state index in [1.165, 1.54) is 0 Å². The number of carbonyl (C=O) groups excluding carboxylic acids is 2. The topological polar surface area (TPSA) is 84.7 Å². The zero-order valence-electron chi connectivity index (χ0n) is 10.4. The van der Waals surface area contributed by atoms with E-state index in [1.54, 1.807) is 4.90 Å². The number of primary amides is 1. The van der Waals surface area contributed by atoms with Crippen LogP contribution < -0.4 is 11.1 Å². The zero-order chi connectivity index (χ0) is 12.8. The number of rotatable bonds is 4. The molecule has 98 valence electrons. The van der Waals surface area contributed by atoms with E-state index in [9.17, 15) is 9.59 Å². The van der Waals surface area contributed by atoms with Crippen molar-refractivity contribution in [3.05, 3.63) is 0 Å². The van der Waals surface area contributed by atoms with Crippen LogP contribution in [0.4, 0.5) is 4.79 Å². The van der Waals surface area contributed by atoms with Crippen molar-refractivity contribution in [2.24, 2.45) is 11.7 Å². The molecule has 0 aliphatic carbocycles. The Morgan fingerprint density at radius 3 is 2.47 bits per heavy atom. The normalized spacial score (nSPS) is 19.5. The summed E-state index contributed by atoms with van der Waals surface area (Å²) in [5, 5.41) is 2.53. The molecular weight excluding hydrogens is 222 g/mol. The summed E-state index contributed by atoms with van der Waals surface area (Å²) in [4.78, 5) is 24.9. The highest BCUT2D eigenvalue weighted by Crippen LogP contribution is 2.12. The fraction of sp³-hybridized carbons (Fsp3) is 0.818. The van der Waals surface area contributed by atoms with Crippen molar-refractivity contribution in [1.29, 1.82) is 0 Å². The number of amides is 3. The number of nitrogens with zero attached hydrogens (tertiary/aromatic N) is 1.